The Balaban J connectivity index is 1.96. The molecule has 1 aliphatic rings. The smallest absolute Gasteiger partial charge is 0.341 e. The molecule has 0 aromatic carbocycles. The zero-order valence-corrected chi connectivity index (χ0v) is 14.7. The van der Waals surface area contributed by atoms with Crippen LogP contribution < -0.4 is 5.32 Å². The molecule has 0 fully saturated rings. The van der Waals surface area contributed by atoms with Crippen LogP contribution in [0.25, 0.3) is 0 Å². The van der Waals surface area contributed by atoms with Gasteiger partial charge < -0.3 is 14.8 Å². The van der Waals surface area contributed by atoms with Crippen molar-refractivity contribution in [1.29, 1.82) is 0 Å². The number of thioether (sulfide) groups is 1. The molecule has 0 saturated heterocycles. The van der Waals surface area contributed by atoms with E-state index >= 15 is 0 Å². The Hall–Kier alpha value is -1.54. The van der Waals surface area contributed by atoms with E-state index in [1.54, 1.807) is 6.92 Å². The molecule has 126 valence electrons. The second-order valence-corrected chi connectivity index (χ2v) is 6.99. The highest BCUT2D eigenvalue weighted by Gasteiger charge is 2.27. The van der Waals surface area contributed by atoms with Gasteiger partial charge in [0.1, 0.15) is 5.00 Å². The van der Waals surface area contributed by atoms with Gasteiger partial charge in [-0.2, -0.15) is 0 Å². The maximum absolute atomic E-state index is 12.0. The summed E-state index contributed by atoms with van der Waals surface area (Å²) in [6.45, 7) is 2.06. The lowest BCUT2D eigenvalue weighted by molar-refractivity contribution is -0.139. The van der Waals surface area contributed by atoms with E-state index in [1.807, 2.05) is 0 Å². The molecular formula is C15H19NO5S2. The van der Waals surface area contributed by atoms with Crippen LogP contribution in [0.3, 0.4) is 0 Å². The van der Waals surface area contributed by atoms with E-state index in [-0.39, 0.29) is 23.4 Å². The number of hydrogen-bond donors (Lipinski definition) is 1. The third-order valence-corrected chi connectivity index (χ3v) is 5.44. The summed E-state index contributed by atoms with van der Waals surface area (Å²) >= 11 is 2.62. The highest BCUT2D eigenvalue weighted by Crippen LogP contribution is 2.39. The van der Waals surface area contributed by atoms with Gasteiger partial charge >= 0.3 is 11.9 Å². The average Bonchev–Trinajstić information content (AvgIpc) is 3.07. The molecule has 0 bridgehead atoms. The van der Waals surface area contributed by atoms with Crippen molar-refractivity contribution in [2.24, 2.45) is 0 Å². The SMILES string of the molecule is CCOC(=O)CSCC(=O)Nc1sc2c(c1C(=O)OC)CCC2. The van der Waals surface area contributed by atoms with Crippen molar-refractivity contribution in [3.8, 4) is 0 Å². The topological polar surface area (TPSA) is 81.7 Å². The molecule has 0 spiro atoms. The number of fused-ring (bicyclic) bond motifs is 1. The van der Waals surface area contributed by atoms with Crippen molar-refractivity contribution >= 4 is 45.9 Å². The van der Waals surface area contributed by atoms with Crippen molar-refractivity contribution in [2.45, 2.75) is 26.2 Å². The Morgan fingerprint density at radius 3 is 2.74 bits per heavy atom. The molecule has 1 amide bonds. The number of amides is 1. The van der Waals surface area contributed by atoms with Crippen LogP contribution in [-0.4, -0.2) is 43.1 Å². The first-order valence-electron chi connectivity index (χ1n) is 7.32. The second kappa shape index (κ2) is 8.35. The zero-order valence-electron chi connectivity index (χ0n) is 13.1. The number of carbonyl (C=O) groups excluding carboxylic acids is 3. The van der Waals surface area contributed by atoms with E-state index in [0.717, 1.165) is 29.7 Å². The molecule has 1 N–H and O–H groups in total. The van der Waals surface area contributed by atoms with Crippen molar-refractivity contribution < 1.29 is 23.9 Å². The fraction of sp³-hybridized carbons (Fsp3) is 0.533. The van der Waals surface area contributed by atoms with Gasteiger partial charge in [0.15, 0.2) is 0 Å². The highest BCUT2D eigenvalue weighted by molar-refractivity contribution is 8.00. The number of rotatable bonds is 7. The molecular weight excluding hydrogens is 338 g/mol. The van der Waals surface area contributed by atoms with E-state index in [9.17, 15) is 14.4 Å². The molecule has 2 rings (SSSR count). The summed E-state index contributed by atoms with van der Waals surface area (Å²) in [5, 5.41) is 3.31. The van der Waals surface area contributed by atoms with Gasteiger partial charge in [-0.05, 0) is 31.7 Å². The summed E-state index contributed by atoms with van der Waals surface area (Å²) in [6.07, 6.45) is 2.79. The lowest BCUT2D eigenvalue weighted by atomic mass is 10.1. The standard InChI is InChI=1S/C15H19NO5S2/c1-3-21-12(18)8-22-7-11(17)16-14-13(15(19)20-2)9-5-4-6-10(9)23-14/h3-8H2,1-2H3,(H,16,17). The monoisotopic (exact) mass is 357 g/mol. The number of nitrogens with one attached hydrogen (secondary N) is 1. The largest absolute Gasteiger partial charge is 0.465 e. The minimum absolute atomic E-state index is 0.127. The first-order valence-corrected chi connectivity index (χ1v) is 9.30. The van der Waals surface area contributed by atoms with Gasteiger partial charge in [-0.1, -0.05) is 0 Å². The molecule has 0 atom stereocenters. The van der Waals surface area contributed by atoms with Gasteiger partial charge in [0.05, 0.1) is 30.8 Å². The minimum Gasteiger partial charge on any atom is -0.465 e. The zero-order chi connectivity index (χ0) is 16.8. The number of carbonyl (C=O) groups is 3. The van der Waals surface area contributed by atoms with Crippen LogP contribution >= 0.6 is 23.1 Å². The molecule has 0 aliphatic heterocycles. The molecule has 0 radical (unpaired) electrons. The Labute approximate surface area is 142 Å². The van der Waals surface area contributed by atoms with Crippen molar-refractivity contribution in [3.63, 3.8) is 0 Å². The first kappa shape index (κ1) is 17.8. The molecule has 23 heavy (non-hydrogen) atoms. The number of hydrogen-bond acceptors (Lipinski definition) is 7. The molecule has 6 nitrogen and oxygen atoms in total. The van der Waals surface area contributed by atoms with E-state index in [1.165, 1.54) is 30.2 Å². The Bertz CT molecular complexity index is 611. The van der Waals surface area contributed by atoms with E-state index in [2.05, 4.69) is 5.32 Å². The van der Waals surface area contributed by atoms with Gasteiger partial charge in [0.25, 0.3) is 0 Å². The summed E-state index contributed by atoms with van der Waals surface area (Å²) in [5.74, 6) is -0.743. The van der Waals surface area contributed by atoms with Crippen LogP contribution in [-0.2, 0) is 31.9 Å². The van der Waals surface area contributed by atoms with Gasteiger partial charge in [-0.15, -0.1) is 23.1 Å². The highest BCUT2D eigenvalue weighted by atomic mass is 32.2. The predicted molar refractivity (Wildman–Crippen MR) is 90.3 cm³/mol. The quantitative estimate of drug-likeness (QED) is 0.754. The fourth-order valence-electron chi connectivity index (χ4n) is 2.40. The Morgan fingerprint density at radius 2 is 2.04 bits per heavy atom. The molecule has 1 aliphatic carbocycles. The van der Waals surface area contributed by atoms with Gasteiger partial charge in [-0.25, -0.2) is 4.79 Å². The van der Waals surface area contributed by atoms with Crippen LogP contribution in [0.15, 0.2) is 0 Å². The molecule has 1 heterocycles. The van der Waals surface area contributed by atoms with Crippen LogP contribution in [0.5, 0.6) is 0 Å². The summed E-state index contributed by atoms with van der Waals surface area (Å²) in [7, 11) is 1.34. The van der Waals surface area contributed by atoms with Gasteiger partial charge in [0.2, 0.25) is 5.91 Å². The number of methoxy groups -OCH3 is 1. The maximum Gasteiger partial charge on any atom is 0.341 e. The third-order valence-electron chi connectivity index (χ3n) is 3.32. The first-order chi connectivity index (χ1) is 11.1. The van der Waals surface area contributed by atoms with Gasteiger partial charge in [-0.3, -0.25) is 9.59 Å². The maximum atomic E-state index is 12.0. The van der Waals surface area contributed by atoms with Crippen molar-refractivity contribution in [1.82, 2.24) is 0 Å². The normalized spacial score (nSPS) is 12.6. The number of ether oxygens (including phenoxy) is 2. The van der Waals surface area contributed by atoms with Gasteiger partial charge in [0, 0.05) is 4.88 Å². The molecule has 0 saturated carbocycles. The minimum atomic E-state index is -0.418. The van der Waals surface area contributed by atoms with E-state index in [0.29, 0.717) is 17.2 Å². The summed E-state index contributed by atoms with van der Waals surface area (Å²) in [4.78, 5) is 36.4. The van der Waals surface area contributed by atoms with Crippen LogP contribution in [0.1, 0.15) is 34.1 Å². The number of thiophene rings is 1. The average molecular weight is 357 g/mol. The predicted octanol–water partition coefficient (Wildman–Crippen LogP) is 2.26. The van der Waals surface area contributed by atoms with Crippen LogP contribution in [0.4, 0.5) is 5.00 Å². The third kappa shape index (κ3) is 4.48. The van der Waals surface area contributed by atoms with Crippen molar-refractivity contribution in [2.75, 3.05) is 30.5 Å². The summed E-state index contributed by atoms with van der Waals surface area (Å²) in [5.41, 5.74) is 1.48. The Kier molecular flexibility index (Phi) is 6.47. The number of aryl methyl sites for hydroxylation is 1. The fourth-order valence-corrected chi connectivity index (χ4v) is 4.31. The number of esters is 2. The summed E-state index contributed by atoms with van der Waals surface area (Å²) < 4.78 is 9.63. The van der Waals surface area contributed by atoms with Crippen molar-refractivity contribution in [3.05, 3.63) is 16.0 Å². The lowest BCUT2D eigenvalue weighted by Crippen LogP contribution is -2.17. The Morgan fingerprint density at radius 1 is 1.26 bits per heavy atom. The van der Waals surface area contributed by atoms with E-state index in [4.69, 9.17) is 9.47 Å². The number of anilines is 1. The molecule has 8 heteroatoms. The lowest BCUT2D eigenvalue weighted by Gasteiger charge is -2.07. The van der Waals surface area contributed by atoms with Crippen LogP contribution in [0.2, 0.25) is 0 Å². The van der Waals surface area contributed by atoms with Crippen LogP contribution in [0, 0.1) is 0 Å². The molecule has 0 unspecified atom stereocenters. The second-order valence-electron chi connectivity index (χ2n) is 4.90. The molecule has 1 aromatic rings. The van der Waals surface area contributed by atoms with E-state index < -0.39 is 5.97 Å². The summed E-state index contributed by atoms with van der Waals surface area (Å²) in [6, 6.07) is 0. The molecule has 1 aromatic heterocycles.